The van der Waals surface area contributed by atoms with E-state index in [4.69, 9.17) is 4.52 Å². The summed E-state index contributed by atoms with van der Waals surface area (Å²) in [4.78, 5) is 4.13. The number of aromatic hydroxyl groups is 1. The number of hydrogen-bond donors (Lipinski definition) is 1. The molecule has 21 heavy (non-hydrogen) atoms. The molecule has 1 heterocycles. The minimum absolute atomic E-state index is 0.0319. The average Bonchev–Trinajstić information content (AvgIpc) is 2.87. The fraction of sp³-hybridized carbons (Fsp3) is 0.0667. The predicted octanol–water partition coefficient (Wildman–Crippen LogP) is 3.93. The summed E-state index contributed by atoms with van der Waals surface area (Å²) in [6.07, 6.45) is 0.457. The molecule has 0 radical (unpaired) electrons. The summed E-state index contributed by atoms with van der Waals surface area (Å²) in [6.45, 7) is 0. The van der Waals surface area contributed by atoms with Crippen molar-refractivity contribution in [2.75, 3.05) is 0 Å². The quantitative estimate of drug-likeness (QED) is 0.778. The number of hydrogen-bond acceptors (Lipinski definition) is 4. The van der Waals surface area contributed by atoms with Crippen LogP contribution in [0, 0.1) is 5.82 Å². The van der Waals surface area contributed by atoms with Gasteiger partial charge in [-0.15, -0.1) is 0 Å². The van der Waals surface area contributed by atoms with Gasteiger partial charge in [-0.25, -0.2) is 4.39 Å². The number of phenols is 1. The van der Waals surface area contributed by atoms with Crippen LogP contribution in [0.2, 0.25) is 0 Å². The summed E-state index contributed by atoms with van der Waals surface area (Å²) in [5.41, 5.74) is 0.917. The number of phenolic OH excluding ortho intramolecular Hbond substituents is 1. The topological polar surface area (TPSA) is 59.2 Å². The van der Waals surface area contributed by atoms with E-state index in [1.807, 2.05) is 24.3 Å². The summed E-state index contributed by atoms with van der Waals surface area (Å²) in [5.74, 6) is -0.443. The second-order valence-electron chi connectivity index (χ2n) is 4.46. The van der Waals surface area contributed by atoms with Crippen LogP contribution in [0.15, 0.2) is 51.5 Å². The summed E-state index contributed by atoms with van der Waals surface area (Å²) >= 11 is 3.39. The van der Waals surface area contributed by atoms with Crippen LogP contribution in [0.3, 0.4) is 0 Å². The fourth-order valence-corrected chi connectivity index (χ4v) is 2.43. The smallest absolute Gasteiger partial charge is 0.264 e. The molecular formula is C15H10BrFN2O2. The summed E-state index contributed by atoms with van der Waals surface area (Å²) in [7, 11) is 0. The SMILES string of the molecule is Oc1cccc(F)c1-c1nc(Cc2cccc(Br)c2)no1. The molecule has 0 fully saturated rings. The molecule has 3 rings (SSSR count). The van der Waals surface area contributed by atoms with E-state index in [-0.39, 0.29) is 17.2 Å². The van der Waals surface area contributed by atoms with E-state index in [2.05, 4.69) is 26.1 Å². The Morgan fingerprint density at radius 1 is 1.19 bits per heavy atom. The van der Waals surface area contributed by atoms with Crippen molar-refractivity contribution in [2.24, 2.45) is 0 Å². The molecule has 0 bridgehead atoms. The van der Waals surface area contributed by atoms with Crippen LogP contribution in [0.25, 0.3) is 11.5 Å². The molecule has 0 atom stereocenters. The summed E-state index contributed by atoms with van der Waals surface area (Å²) in [5, 5.41) is 13.5. The van der Waals surface area contributed by atoms with Crippen molar-refractivity contribution in [1.29, 1.82) is 0 Å². The van der Waals surface area contributed by atoms with Gasteiger partial charge < -0.3 is 9.63 Å². The highest BCUT2D eigenvalue weighted by atomic mass is 79.9. The van der Waals surface area contributed by atoms with Gasteiger partial charge in [0.15, 0.2) is 5.82 Å². The molecule has 1 aromatic heterocycles. The zero-order chi connectivity index (χ0) is 14.8. The normalized spacial score (nSPS) is 10.8. The van der Waals surface area contributed by atoms with Crippen LogP contribution in [0.1, 0.15) is 11.4 Å². The van der Waals surface area contributed by atoms with Crippen molar-refractivity contribution in [3.8, 4) is 17.2 Å². The standard InChI is InChI=1S/C15H10BrFN2O2/c16-10-4-1-3-9(7-10)8-13-18-15(21-19-13)14-11(17)5-2-6-12(14)20/h1-7,20H,8H2. The molecule has 0 saturated heterocycles. The van der Waals surface area contributed by atoms with Gasteiger partial charge >= 0.3 is 0 Å². The lowest BCUT2D eigenvalue weighted by molar-refractivity contribution is 0.415. The lowest BCUT2D eigenvalue weighted by atomic mass is 10.1. The van der Waals surface area contributed by atoms with E-state index in [0.717, 1.165) is 10.0 Å². The van der Waals surface area contributed by atoms with E-state index in [1.54, 1.807) is 0 Å². The Balaban J connectivity index is 1.90. The predicted molar refractivity (Wildman–Crippen MR) is 78.3 cm³/mol. The molecule has 0 amide bonds. The molecular weight excluding hydrogens is 339 g/mol. The van der Waals surface area contributed by atoms with Gasteiger partial charge in [-0.3, -0.25) is 0 Å². The molecule has 2 aromatic carbocycles. The van der Waals surface area contributed by atoms with Crippen molar-refractivity contribution in [3.05, 3.63) is 64.1 Å². The summed E-state index contributed by atoms with van der Waals surface area (Å²) in [6, 6.07) is 11.7. The molecule has 0 saturated carbocycles. The monoisotopic (exact) mass is 348 g/mol. The third kappa shape index (κ3) is 2.95. The molecule has 0 aliphatic rings. The Kier molecular flexibility index (Phi) is 3.70. The minimum Gasteiger partial charge on any atom is -0.507 e. The first-order valence-corrected chi connectivity index (χ1v) is 6.97. The van der Waals surface area contributed by atoms with E-state index < -0.39 is 5.82 Å². The molecule has 0 unspecified atom stereocenters. The van der Waals surface area contributed by atoms with Crippen molar-refractivity contribution in [1.82, 2.24) is 10.1 Å². The van der Waals surface area contributed by atoms with E-state index >= 15 is 0 Å². The molecule has 0 aliphatic heterocycles. The van der Waals surface area contributed by atoms with Crippen LogP contribution in [-0.4, -0.2) is 15.2 Å². The molecule has 1 N–H and O–H groups in total. The Labute approximate surface area is 128 Å². The lowest BCUT2D eigenvalue weighted by Crippen LogP contribution is -1.91. The van der Waals surface area contributed by atoms with Gasteiger partial charge in [0.25, 0.3) is 5.89 Å². The van der Waals surface area contributed by atoms with Crippen LogP contribution in [0.5, 0.6) is 5.75 Å². The number of rotatable bonds is 3. The first kappa shape index (κ1) is 13.8. The van der Waals surface area contributed by atoms with Crippen LogP contribution in [0.4, 0.5) is 4.39 Å². The third-order valence-corrected chi connectivity index (χ3v) is 3.42. The zero-order valence-corrected chi connectivity index (χ0v) is 12.3. The molecule has 4 nitrogen and oxygen atoms in total. The summed E-state index contributed by atoms with van der Waals surface area (Å²) < 4.78 is 19.7. The molecule has 0 spiro atoms. The van der Waals surface area contributed by atoms with E-state index in [0.29, 0.717) is 12.2 Å². The lowest BCUT2D eigenvalue weighted by Gasteiger charge is -1.99. The van der Waals surface area contributed by atoms with Gasteiger partial charge in [-0.05, 0) is 29.8 Å². The maximum atomic E-state index is 13.7. The second kappa shape index (κ2) is 5.65. The minimum atomic E-state index is -0.604. The van der Waals surface area contributed by atoms with Gasteiger partial charge in [-0.1, -0.05) is 39.3 Å². The van der Waals surface area contributed by atoms with E-state index in [1.165, 1.54) is 18.2 Å². The van der Waals surface area contributed by atoms with E-state index in [9.17, 15) is 9.50 Å². The molecule has 0 aliphatic carbocycles. The van der Waals surface area contributed by atoms with Gasteiger partial charge in [0.2, 0.25) is 0 Å². The second-order valence-corrected chi connectivity index (χ2v) is 5.37. The van der Waals surface area contributed by atoms with Crippen LogP contribution >= 0.6 is 15.9 Å². The highest BCUT2D eigenvalue weighted by Gasteiger charge is 2.17. The van der Waals surface area contributed by atoms with Crippen molar-refractivity contribution in [2.45, 2.75) is 6.42 Å². The molecule has 106 valence electrons. The maximum Gasteiger partial charge on any atom is 0.264 e. The van der Waals surface area contributed by atoms with Crippen LogP contribution < -0.4 is 0 Å². The first-order valence-electron chi connectivity index (χ1n) is 6.18. The average molecular weight is 349 g/mol. The van der Waals surface area contributed by atoms with Gasteiger partial charge in [0.05, 0.1) is 0 Å². The van der Waals surface area contributed by atoms with Gasteiger partial charge in [0.1, 0.15) is 17.1 Å². The molecule has 6 heteroatoms. The Hall–Kier alpha value is -2.21. The number of benzene rings is 2. The van der Waals surface area contributed by atoms with Crippen molar-refractivity contribution < 1.29 is 14.0 Å². The van der Waals surface area contributed by atoms with Crippen molar-refractivity contribution >= 4 is 15.9 Å². The largest absolute Gasteiger partial charge is 0.507 e. The Morgan fingerprint density at radius 2 is 2.00 bits per heavy atom. The molecule has 3 aromatic rings. The number of halogens is 2. The third-order valence-electron chi connectivity index (χ3n) is 2.92. The fourth-order valence-electron chi connectivity index (χ4n) is 1.98. The van der Waals surface area contributed by atoms with Gasteiger partial charge in [0, 0.05) is 10.9 Å². The highest BCUT2D eigenvalue weighted by Crippen LogP contribution is 2.30. The number of nitrogens with zero attached hydrogens (tertiary/aromatic N) is 2. The van der Waals surface area contributed by atoms with Crippen molar-refractivity contribution in [3.63, 3.8) is 0 Å². The Morgan fingerprint density at radius 3 is 2.76 bits per heavy atom. The maximum absolute atomic E-state index is 13.7. The zero-order valence-electron chi connectivity index (χ0n) is 10.8. The highest BCUT2D eigenvalue weighted by molar-refractivity contribution is 9.10. The van der Waals surface area contributed by atoms with Crippen LogP contribution in [-0.2, 0) is 6.42 Å². The van der Waals surface area contributed by atoms with Gasteiger partial charge in [-0.2, -0.15) is 4.98 Å². The Bertz CT molecular complexity index is 769. The number of aromatic nitrogens is 2. The first-order chi connectivity index (χ1) is 10.1.